The van der Waals surface area contributed by atoms with Crippen molar-refractivity contribution in [2.75, 3.05) is 26.7 Å². The van der Waals surface area contributed by atoms with E-state index in [2.05, 4.69) is 4.98 Å². The summed E-state index contributed by atoms with van der Waals surface area (Å²) in [6, 6.07) is 0. The van der Waals surface area contributed by atoms with Crippen LogP contribution in [0.15, 0.2) is 12.5 Å². The summed E-state index contributed by atoms with van der Waals surface area (Å²) in [5.74, 6) is -0.0289. The van der Waals surface area contributed by atoms with Crippen LogP contribution < -0.4 is 5.73 Å². The zero-order valence-corrected chi connectivity index (χ0v) is 11.6. The maximum Gasteiger partial charge on any atom is 0.274 e. The number of carbonyl (C=O) groups excluding carboxylic acids is 1. The van der Waals surface area contributed by atoms with Crippen molar-refractivity contribution >= 4 is 5.91 Å². The summed E-state index contributed by atoms with van der Waals surface area (Å²) in [5.41, 5.74) is 5.72. The third-order valence-corrected chi connectivity index (χ3v) is 3.68. The minimum Gasteiger partial charge on any atom is -0.377 e. The predicted molar refractivity (Wildman–Crippen MR) is 71.8 cm³/mol. The number of imidazole rings is 1. The second-order valence-electron chi connectivity index (χ2n) is 5.27. The van der Waals surface area contributed by atoms with Gasteiger partial charge in [-0.15, -0.1) is 0 Å². The second-order valence-corrected chi connectivity index (χ2v) is 5.27. The third kappa shape index (κ3) is 3.13. The van der Waals surface area contributed by atoms with Crippen molar-refractivity contribution in [2.24, 2.45) is 5.73 Å². The monoisotopic (exact) mass is 266 g/mol. The molecule has 1 atom stereocenters. The van der Waals surface area contributed by atoms with E-state index in [1.165, 1.54) is 0 Å². The smallest absolute Gasteiger partial charge is 0.274 e. The van der Waals surface area contributed by atoms with Crippen LogP contribution >= 0.6 is 0 Å². The topological polar surface area (TPSA) is 73.4 Å². The number of hydrogen-bond donors (Lipinski definition) is 1. The summed E-state index contributed by atoms with van der Waals surface area (Å²) in [6.07, 6.45) is 5.35. The van der Waals surface area contributed by atoms with Crippen LogP contribution in [0.4, 0.5) is 0 Å². The van der Waals surface area contributed by atoms with Crippen molar-refractivity contribution in [3.05, 3.63) is 18.2 Å². The molecular weight excluding hydrogens is 244 g/mol. The Balaban J connectivity index is 2.06. The van der Waals surface area contributed by atoms with Gasteiger partial charge in [-0.05, 0) is 19.8 Å². The molecule has 19 heavy (non-hydrogen) atoms. The predicted octanol–water partition coefficient (Wildman–Crippen LogP) is 0.483. The van der Waals surface area contributed by atoms with E-state index in [9.17, 15) is 4.79 Å². The van der Waals surface area contributed by atoms with E-state index in [0.717, 1.165) is 19.4 Å². The van der Waals surface area contributed by atoms with E-state index in [0.29, 0.717) is 25.3 Å². The average Bonchev–Trinajstić information content (AvgIpc) is 2.87. The molecular formula is C13H22N4O2. The molecule has 0 aliphatic carbocycles. The maximum absolute atomic E-state index is 12.4. The van der Waals surface area contributed by atoms with Gasteiger partial charge in [-0.2, -0.15) is 0 Å². The molecule has 2 N–H and O–H groups in total. The number of ether oxygens (including phenoxy) is 1. The van der Waals surface area contributed by atoms with Crippen LogP contribution in [0, 0.1) is 0 Å². The van der Waals surface area contributed by atoms with Crippen molar-refractivity contribution in [1.82, 2.24) is 14.5 Å². The number of likely N-dealkylation sites (tertiary alicyclic amines) is 1. The highest BCUT2D eigenvalue weighted by Gasteiger charge is 2.33. The van der Waals surface area contributed by atoms with E-state index in [-0.39, 0.29) is 11.5 Å². The lowest BCUT2D eigenvalue weighted by Crippen LogP contribution is -2.49. The summed E-state index contributed by atoms with van der Waals surface area (Å²) >= 11 is 0. The Hall–Kier alpha value is -1.40. The number of amides is 1. The average molecular weight is 266 g/mol. The molecule has 0 aromatic carbocycles. The second kappa shape index (κ2) is 5.71. The van der Waals surface area contributed by atoms with Gasteiger partial charge in [0.15, 0.2) is 0 Å². The lowest BCUT2D eigenvalue weighted by Gasteiger charge is -2.39. The minimum absolute atomic E-state index is 0.0289. The number of rotatable bonds is 4. The SMILES string of the molecule is COC1(C)CCCN(C(=O)c2cn(CCN)cn2)C1. The van der Waals surface area contributed by atoms with Crippen molar-refractivity contribution in [2.45, 2.75) is 31.9 Å². The minimum atomic E-state index is -0.242. The first kappa shape index (κ1) is 14.0. The Labute approximate surface area is 113 Å². The molecule has 1 aliphatic rings. The third-order valence-electron chi connectivity index (χ3n) is 3.68. The van der Waals surface area contributed by atoms with Gasteiger partial charge < -0.3 is 19.9 Å². The van der Waals surface area contributed by atoms with Gasteiger partial charge in [0.2, 0.25) is 0 Å². The Morgan fingerprint density at radius 2 is 2.42 bits per heavy atom. The van der Waals surface area contributed by atoms with E-state index in [1.807, 2.05) is 16.4 Å². The highest BCUT2D eigenvalue weighted by molar-refractivity contribution is 5.92. The number of methoxy groups -OCH3 is 1. The fourth-order valence-electron chi connectivity index (χ4n) is 2.45. The first-order chi connectivity index (χ1) is 9.08. The summed E-state index contributed by atoms with van der Waals surface area (Å²) in [4.78, 5) is 18.4. The van der Waals surface area contributed by atoms with Crippen LogP contribution in [0.3, 0.4) is 0 Å². The molecule has 6 heteroatoms. The molecule has 0 spiro atoms. The van der Waals surface area contributed by atoms with Gasteiger partial charge in [-0.3, -0.25) is 4.79 Å². The Kier molecular flexibility index (Phi) is 4.21. The van der Waals surface area contributed by atoms with E-state index < -0.39 is 0 Å². The molecule has 2 rings (SSSR count). The molecule has 0 bridgehead atoms. The summed E-state index contributed by atoms with van der Waals surface area (Å²) in [7, 11) is 1.70. The first-order valence-corrected chi connectivity index (χ1v) is 6.64. The normalized spacial score (nSPS) is 23.6. The molecule has 6 nitrogen and oxygen atoms in total. The van der Waals surface area contributed by atoms with Crippen LogP contribution in [0.25, 0.3) is 0 Å². The lowest BCUT2D eigenvalue weighted by molar-refractivity contribution is -0.0441. The zero-order valence-electron chi connectivity index (χ0n) is 11.6. The highest BCUT2D eigenvalue weighted by Crippen LogP contribution is 2.24. The van der Waals surface area contributed by atoms with Crippen molar-refractivity contribution in [3.63, 3.8) is 0 Å². The van der Waals surface area contributed by atoms with Gasteiger partial charge in [-0.25, -0.2) is 4.98 Å². The Bertz CT molecular complexity index is 446. The molecule has 0 radical (unpaired) electrons. The molecule has 1 unspecified atom stereocenters. The van der Waals surface area contributed by atoms with Crippen molar-refractivity contribution < 1.29 is 9.53 Å². The molecule has 1 aliphatic heterocycles. The molecule has 1 aromatic rings. The number of aromatic nitrogens is 2. The summed E-state index contributed by atoms with van der Waals surface area (Å²) in [6.45, 7) is 4.64. The first-order valence-electron chi connectivity index (χ1n) is 6.64. The van der Waals surface area contributed by atoms with Crippen LogP contribution in [0.1, 0.15) is 30.3 Å². The number of nitrogens with zero attached hydrogens (tertiary/aromatic N) is 3. The number of nitrogens with two attached hydrogens (primary N) is 1. The molecule has 1 aromatic heterocycles. The molecule has 0 saturated carbocycles. The van der Waals surface area contributed by atoms with Gasteiger partial charge in [-0.1, -0.05) is 0 Å². The number of carbonyl (C=O) groups is 1. The van der Waals surface area contributed by atoms with Gasteiger partial charge in [0.1, 0.15) is 5.69 Å². The lowest BCUT2D eigenvalue weighted by atomic mass is 9.94. The molecule has 1 amide bonds. The standard InChI is InChI=1S/C13H22N4O2/c1-13(19-2)4-3-6-17(9-13)12(18)11-8-16(7-5-14)10-15-11/h8,10H,3-7,9,14H2,1-2H3. The summed E-state index contributed by atoms with van der Waals surface area (Å²) < 4.78 is 7.34. The summed E-state index contributed by atoms with van der Waals surface area (Å²) in [5, 5.41) is 0. The van der Waals surface area contributed by atoms with Gasteiger partial charge >= 0.3 is 0 Å². The molecule has 1 saturated heterocycles. The number of hydrogen-bond acceptors (Lipinski definition) is 4. The van der Waals surface area contributed by atoms with Crippen LogP contribution in [-0.4, -0.2) is 52.7 Å². The van der Waals surface area contributed by atoms with Crippen LogP contribution in [0.2, 0.25) is 0 Å². The zero-order chi connectivity index (χ0) is 13.9. The quantitative estimate of drug-likeness (QED) is 0.860. The van der Waals surface area contributed by atoms with Gasteiger partial charge in [0.05, 0.1) is 11.9 Å². The van der Waals surface area contributed by atoms with Crippen LogP contribution in [-0.2, 0) is 11.3 Å². The van der Waals surface area contributed by atoms with Crippen molar-refractivity contribution in [3.8, 4) is 0 Å². The molecule has 2 heterocycles. The fraction of sp³-hybridized carbons (Fsp3) is 0.692. The maximum atomic E-state index is 12.4. The van der Waals surface area contributed by atoms with E-state index in [1.54, 1.807) is 19.6 Å². The number of piperidine rings is 1. The highest BCUT2D eigenvalue weighted by atomic mass is 16.5. The van der Waals surface area contributed by atoms with E-state index >= 15 is 0 Å². The van der Waals surface area contributed by atoms with Gasteiger partial charge in [0, 0.05) is 39.5 Å². The van der Waals surface area contributed by atoms with Gasteiger partial charge in [0.25, 0.3) is 5.91 Å². The largest absolute Gasteiger partial charge is 0.377 e. The van der Waals surface area contributed by atoms with Crippen LogP contribution in [0.5, 0.6) is 0 Å². The van der Waals surface area contributed by atoms with Crippen molar-refractivity contribution in [1.29, 1.82) is 0 Å². The Morgan fingerprint density at radius 3 is 3.11 bits per heavy atom. The molecule has 106 valence electrons. The molecule has 1 fully saturated rings. The van der Waals surface area contributed by atoms with E-state index in [4.69, 9.17) is 10.5 Å². The Morgan fingerprint density at radius 1 is 1.63 bits per heavy atom. The fourth-order valence-corrected chi connectivity index (χ4v) is 2.45.